The van der Waals surface area contributed by atoms with Gasteiger partial charge in [0.05, 0.1) is 19.3 Å². The molecule has 0 bridgehead atoms. The first-order valence-corrected chi connectivity index (χ1v) is 11.1. The average Bonchev–Trinajstić information content (AvgIpc) is 2.70. The molecule has 21 heavy (non-hydrogen) atoms. The van der Waals surface area contributed by atoms with Gasteiger partial charge in [0.1, 0.15) is 5.60 Å². The van der Waals surface area contributed by atoms with Crippen LogP contribution in [0.25, 0.3) is 0 Å². The highest BCUT2D eigenvalue weighted by Crippen LogP contribution is 2.44. The van der Waals surface area contributed by atoms with E-state index in [2.05, 4.69) is 59.9 Å². The molecule has 0 aromatic heterocycles. The minimum absolute atomic E-state index is 0.0545. The molecule has 4 heteroatoms. The van der Waals surface area contributed by atoms with Crippen LogP contribution in [0.2, 0.25) is 18.1 Å². The number of rotatable bonds is 2. The molecule has 0 amide bonds. The summed E-state index contributed by atoms with van der Waals surface area (Å²) in [6, 6.07) is 0. The molecule has 1 fully saturated rings. The van der Waals surface area contributed by atoms with Crippen molar-refractivity contribution in [2.75, 3.05) is 13.2 Å². The summed E-state index contributed by atoms with van der Waals surface area (Å²) < 4.78 is 12.2. The molecule has 5 atom stereocenters. The van der Waals surface area contributed by atoms with Gasteiger partial charge >= 0.3 is 0 Å². The number of aliphatic hydroxyl groups is 1. The highest BCUT2D eigenvalue weighted by atomic mass is 28.4. The van der Waals surface area contributed by atoms with Gasteiger partial charge in [0, 0.05) is 11.8 Å². The van der Waals surface area contributed by atoms with Crippen LogP contribution in [0.5, 0.6) is 0 Å². The Morgan fingerprint density at radius 3 is 2.43 bits per heavy atom. The van der Waals surface area contributed by atoms with Gasteiger partial charge in [-0.3, -0.25) is 0 Å². The zero-order valence-corrected chi connectivity index (χ0v) is 15.6. The van der Waals surface area contributed by atoms with Gasteiger partial charge in [0.15, 0.2) is 8.32 Å². The molecule has 2 rings (SSSR count). The maximum Gasteiger partial charge on any atom is 0.192 e. The quantitative estimate of drug-likeness (QED) is 0.625. The fourth-order valence-corrected chi connectivity index (χ4v) is 4.63. The molecule has 0 radical (unpaired) electrons. The van der Waals surface area contributed by atoms with Crippen molar-refractivity contribution in [3.63, 3.8) is 0 Å². The second-order valence-corrected chi connectivity index (χ2v) is 13.2. The highest BCUT2D eigenvalue weighted by Gasteiger charge is 2.52. The van der Waals surface area contributed by atoms with Crippen LogP contribution in [0, 0.1) is 17.8 Å². The Balaban J connectivity index is 2.28. The van der Waals surface area contributed by atoms with Crippen LogP contribution in [0.4, 0.5) is 0 Å². The van der Waals surface area contributed by atoms with Crippen molar-refractivity contribution in [2.24, 2.45) is 17.8 Å². The predicted molar refractivity (Wildman–Crippen MR) is 88.8 cm³/mol. The van der Waals surface area contributed by atoms with Gasteiger partial charge in [-0.15, -0.1) is 0 Å². The van der Waals surface area contributed by atoms with Gasteiger partial charge in [-0.1, -0.05) is 46.8 Å². The summed E-state index contributed by atoms with van der Waals surface area (Å²) in [5, 5.41) is 11.3. The van der Waals surface area contributed by atoms with E-state index in [1.807, 2.05) is 0 Å². The minimum atomic E-state index is -1.86. The first-order valence-electron chi connectivity index (χ1n) is 8.15. The fraction of sp³-hybridized carbons (Fsp3) is 0.882. The molecule has 0 aromatic rings. The highest BCUT2D eigenvalue weighted by molar-refractivity contribution is 6.74. The van der Waals surface area contributed by atoms with Gasteiger partial charge in [-0.05, 0) is 24.1 Å². The summed E-state index contributed by atoms with van der Waals surface area (Å²) in [6.07, 6.45) is 4.41. The van der Waals surface area contributed by atoms with E-state index in [4.69, 9.17) is 9.16 Å². The molecule has 1 heterocycles. The van der Waals surface area contributed by atoms with E-state index in [-0.39, 0.29) is 23.0 Å². The maximum atomic E-state index is 11.1. The largest absolute Gasteiger partial charge is 0.413 e. The van der Waals surface area contributed by atoms with Crippen LogP contribution < -0.4 is 0 Å². The molecule has 0 aromatic carbocycles. The van der Waals surface area contributed by atoms with E-state index in [1.54, 1.807) is 0 Å². The molecule has 1 N–H and O–H groups in total. The summed E-state index contributed by atoms with van der Waals surface area (Å²) in [5.41, 5.74) is -0.783. The van der Waals surface area contributed by atoms with Crippen molar-refractivity contribution in [1.29, 1.82) is 0 Å². The topological polar surface area (TPSA) is 38.7 Å². The number of fused-ring (bicyclic) bond motifs is 1. The molecular formula is C17H32O3Si. The second-order valence-electron chi connectivity index (χ2n) is 8.49. The van der Waals surface area contributed by atoms with Crippen LogP contribution in [0.1, 0.15) is 34.6 Å². The molecule has 1 saturated heterocycles. The van der Waals surface area contributed by atoms with Gasteiger partial charge in [-0.2, -0.15) is 0 Å². The Bertz CT molecular complexity index is 413. The molecule has 0 spiro atoms. The lowest BCUT2D eigenvalue weighted by Crippen LogP contribution is -2.53. The smallest absolute Gasteiger partial charge is 0.192 e. The van der Waals surface area contributed by atoms with Crippen molar-refractivity contribution in [1.82, 2.24) is 0 Å². The van der Waals surface area contributed by atoms with Crippen LogP contribution >= 0.6 is 0 Å². The zero-order valence-electron chi connectivity index (χ0n) is 14.6. The maximum absolute atomic E-state index is 11.1. The molecule has 3 nitrogen and oxygen atoms in total. The molecule has 2 aliphatic rings. The molecule has 1 aliphatic heterocycles. The minimum Gasteiger partial charge on any atom is -0.413 e. The molecule has 1 aliphatic carbocycles. The van der Waals surface area contributed by atoms with E-state index >= 15 is 0 Å². The van der Waals surface area contributed by atoms with Gasteiger partial charge in [0.25, 0.3) is 0 Å². The third-order valence-corrected chi connectivity index (χ3v) is 10.4. The first kappa shape index (κ1) is 17.2. The molecular weight excluding hydrogens is 280 g/mol. The Labute approximate surface area is 130 Å². The van der Waals surface area contributed by atoms with E-state index < -0.39 is 13.9 Å². The van der Waals surface area contributed by atoms with Crippen LogP contribution in [0.3, 0.4) is 0 Å². The van der Waals surface area contributed by atoms with E-state index in [0.717, 1.165) is 0 Å². The Morgan fingerprint density at radius 2 is 1.86 bits per heavy atom. The van der Waals surface area contributed by atoms with Crippen molar-refractivity contribution in [2.45, 2.75) is 64.5 Å². The summed E-state index contributed by atoms with van der Waals surface area (Å²) in [5.74, 6) is 0.496. The van der Waals surface area contributed by atoms with Gasteiger partial charge < -0.3 is 14.3 Å². The van der Waals surface area contributed by atoms with E-state index in [9.17, 15) is 5.11 Å². The summed E-state index contributed by atoms with van der Waals surface area (Å²) in [4.78, 5) is 0. The van der Waals surface area contributed by atoms with Gasteiger partial charge in [0.2, 0.25) is 0 Å². The van der Waals surface area contributed by atoms with E-state index in [1.165, 1.54) is 0 Å². The first-order chi connectivity index (χ1) is 9.49. The Kier molecular flexibility index (Phi) is 4.49. The average molecular weight is 313 g/mol. The number of hydrogen-bond acceptors (Lipinski definition) is 3. The second kappa shape index (κ2) is 5.48. The standard InChI is InChI=1S/C17H32O3Si/c1-12-8-9-14-10-19-11-17(14,18)13(2)15(12)20-21(6,7)16(3,4)5/h8-9,12-15,18H,10-11H2,1-7H3/t12-,13-,14+,15-,17+/m1/s1. The van der Waals surface area contributed by atoms with Gasteiger partial charge in [-0.25, -0.2) is 0 Å². The Hall–Kier alpha value is -0.163. The summed E-state index contributed by atoms with van der Waals surface area (Å²) in [7, 11) is -1.86. The van der Waals surface area contributed by atoms with Crippen molar-refractivity contribution >= 4 is 8.32 Å². The number of hydrogen-bond donors (Lipinski definition) is 1. The van der Waals surface area contributed by atoms with Crippen LogP contribution in [0.15, 0.2) is 12.2 Å². The number of ether oxygens (including phenoxy) is 1. The zero-order chi connectivity index (χ0) is 16.1. The van der Waals surface area contributed by atoms with E-state index in [0.29, 0.717) is 19.1 Å². The Morgan fingerprint density at radius 1 is 1.24 bits per heavy atom. The monoisotopic (exact) mass is 312 g/mol. The molecule has 122 valence electrons. The predicted octanol–water partition coefficient (Wildman–Crippen LogP) is 3.60. The van der Waals surface area contributed by atoms with Crippen LogP contribution in [-0.2, 0) is 9.16 Å². The van der Waals surface area contributed by atoms with Crippen LogP contribution in [-0.4, -0.2) is 38.3 Å². The molecule has 0 saturated carbocycles. The lowest BCUT2D eigenvalue weighted by atomic mass is 9.77. The third kappa shape index (κ3) is 3.00. The lowest BCUT2D eigenvalue weighted by Gasteiger charge is -2.45. The normalized spacial score (nSPS) is 41.0. The summed E-state index contributed by atoms with van der Waals surface area (Å²) in [6.45, 7) is 16.7. The molecule has 0 unspecified atom stereocenters. The lowest BCUT2D eigenvalue weighted by molar-refractivity contribution is -0.0801. The van der Waals surface area contributed by atoms with Crippen molar-refractivity contribution in [3.05, 3.63) is 12.2 Å². The third-order valence-electron chi connectivity index (χ3n) is 5.96. The SMILES string of the molecule is C[C@@H]1C=C[C@H]2COC[C@]2(O)[C@H](C)[C@@H]1O[Si](C)(C)C(C)(C)C. The fourth-order valence-electron chi connectivity index (χ4n) is 3.18. The summed E-state index contributed by atoms with van der Waals surface area (Å²) >= 11 is 0. The van der Waals surface area contributed by atoms with Crippen molar-refractivity contribution in [3.8, 4) is 0 Å². The van der Waals surface area contributed by atoms with Crippen molar-refractivity contribution < 1.29 is 14.3 Å².